The molecule has 1 atom stereocenters. The molecule has 1 aromatic heterocycles. The summed E-state index contributed by atoms with van der Waals surface area (Å²) in [5.41, 5.74) is 1.19. The molecule has 0 unspecified atom stereocenters. The van der Waals surface area contributed by atoms with Gasteiger partial charge in [-0.05, 0) is 36.2 Å². The van der Waals surface area contributed by atoms with Crippen molar-refractivity contribution in [3.8, 4) is 5.75 Å². The molecule has 4 nitrogen and oxygen atoms in total. The molecular formula is C17H23NO3. The second-order valence-corrected chi connectivity index (χ2v) is 5.16. The first-order chi connectivity index (χ1) is 10.2. The Bertz CT molecular complexity index is 507. The minimum absolute atomic E-state index is 0.321. The smallest absolute Gasteiger partial charge is 0.118 e. The minimum atomic E-state index is -0.321. The first-order valence-electron chi connectivity index (χ1n) is 7.27. The van der Waals surface area contributed by atoms with Gasteiger partial charge >= 0.3 is 0 Å². The zero-order valence-electron chi connectivity index (χ0n) is 12.7. The number of rotatable bonds is 8. The highest BCUT2D eigenvalue weighted by Gasteiger charge is 2.13. The van der Waals surface area contributed by atoms with E-state index in [-0.39, 0.29) is 6.10 Å². The SMILES string of the molecule is CC[C@H](O)CN(Cc1ccc(OC)cc1)Cc1ccco1. The summed E-state index contributed by atoms with van der Waals surface area (Å²) in [6.45, 7) is 4.07. The third kappa shape index (κ3) is 4.92. The van der Waals surface area contributed by atoms with Gasteiger partial charge in [-0.25, -0.2) is 0 Å². The Balaban J connectivity index is 2.02. The molecule has 0 aliphatic rings. The zero-order chi connectivity index (χ0) is 15.1. The van der Waals surface area contributed by atoms with Gasteiger partial charge in [0.25, 0.3) is 0 Å². The highest BCUT2D eigenvalue weighted by Crippen LogP contribution is 2.15. The van der Waals surface area contributed by atoms with E-state index in [1.54, 1.807) is 13.4 Å². The van der Waals surface area contributed by atoms with Crippen molar-refractivity contribution in [2.24, 2.45) is 0 Å². The van der Waals surface area contributed by atoms with Gasteiger partial charge in [-0.15, -0.1) is 0 Å². The molecule has 4 heteroatoms. The zero-order valence-corrected chi connectivity index (χ0v) is 12.7. The van der Waals surface area contributed by atoms with Crippen LogP contribution in [0.15, 0.2) is 47.1 Å². The van der Waals surface area contributed by atoms with Gasteiger partial charge in [0, 0.05) is 13.1 Å². The van der Waals surface area contributed by atoms with E-state index in [0.717, 1.165) is 24.5 Å². The molecule has 0 aliphatic carbocycles. The lowest BCUT2D eigenvalue weighted by molar-refractivity contribution is 0.0973. The van der Waals surface area contributed by atoms with E-state index in [2.05, 4.69) is 4.90 Å². The van der Waals surface area contributed by atoms with Gasteiger partial charge in [0.1, 0.15) is 11.5 Å². The van der Waals surface area contributed by atoms with Gasteiger partial charge < -0.3 is 14.3 Å². The summed E-state index contributed by atoms with van der Waals surface area (Å²) in [5, 5.41) is 9.92. The maximum Gasteiger partial charge on any atom is 0.118 e. The van der Waals surface area contributed by atoms with Crippen molar-refractivity contribution in [1.29, 1.82) is 0 Å². The fourth-order valence-corrected chi connectivity index (χ4v) is 2.22. The van der Waals surface area contributed by atoms with E-state index in [1.165, 1.54) is 5.56 Å². The van der Waals surface area contributed by atoms with E-state index in [1.807, 2.05) is 43.3 Å². The number of benzene rings is 1. The largest absolute Gasteiger partial charge is 0.497 e. The second kappa shape index (κ2) is 7.86. The van der Waals surface area contributed by atoms with Crippen LogP contribution in [0, 0.1) is 0 Å². The summed E-state index contributed by atoms with van der Waals surface area (Å²) in [4.78, 5) is 2.19. The van der Waals surface area contributed by atoms with Gasteiger partial charge in [-0.1, -0.05) is 19.1 Å². The third-order valence-corrected chi connectivity index (χ3v) is 3.46. The molecular weight excluding hydrogens is 266 g/mol. The van der Waals surface area contributed by atoms with Crippen LogP contribution in [0.4, 0.5) is 0 Å². The number of aliphatic hydroxyl groups is 1. The number of hydrogen-bond donors (Lipinski definition) is 1. The average molecular weight is 289 g/mol. The highest BCUT2D eigenvalue weighted by atomic mass is 16.5. The first kappa shape index (κ1) is 15.6. The molecule has 0 bridgehead atoms. The maximum absolute atomic E-state index is 9.92. The number of ether oxygens (including phenoxy) is 1. The molecule has 0 aliphatic heterocycles. The van der Waals surface area contributed by atoms with Gasteiger partial charge in [0.15, 0.2) is 0 Å². The quantitative estimate of drug-likeness (QED) is 0.811. The van der Waals surface area contributed by atoms with Crippen LogP contribution in [0.3, 0.4) is 0 Å². The Kier molecular flexibility index (Phi) is 5.84. The number of hydrogen-bond acceptors (Lipinski definition) is 4. The van der Waals surface area contributed by atoms with Crippen molar-refractivity contribution in [3.63, 3.8) is 0 Å². The topological polar surface area (TPSA) is 45.8 Å². The molecule has 0 spiro atoms. The molecule has 0 amide bonds. The van der Waals surface area contributed by atoms with Crippen LogP contribution in [0.2, 0.25) is 0 Å². The summed E-state index contributed by atoms with van der Waals surface area (Å²) >= 11 is 0. The van der Waals surface area contributed by atoms with Crippen LogP contribution in [0.5, 0.6) is 5.75 Å². The molecule has 2 aromatic rings. The standard InChI is InChI=1S/C17H23NO3/c1-3-15(19)12-18(13-17-5-4-10-21-17)11-14-6-8-16(20-2)9-7-14/h4-10,15,19H,3,11-13H2,1-2H3/t15-/m0/s1. The molecule has 0 radical (unpaired) electrons. The fraction of sp³-hybridized carbons (Fsp3) is 0.412. The normalized spacial score (nSPS) is 12.6. The van der Waals surface area contributed by atoms with Crippen molar-refractivity contribution < 1.29 is 14.3 Å². The number of aliphatic hydroxyl groups excluding tert-OH is 1. The summed E-state index contributed by atoms with van der Waals surface area (Å²) < 4.78 is 10.6. The molecule has 1 heterocycles. The minimum Gasteiger partial charge on any atom is -0.497 e. The molecule has 21 heavy (non-hydrogen) atoms. The number of nitrogens with zero attached hydrogens (tertiary/aromatic N) is 1. The van der Waals surface area contributed by atoms with Crippen molar-refractivity contribution in [3.05, 3.63) is 54.0 Å². The lowest BCUT2D eigenvalue weighted by Gasteiger charge is -2.24. The third-order valence-electron chi connectivity index (χ3n) is 3.46. The Morgan fingerprint density at radius 1 is 1.19 bits per heavy atom. The average Bonchev–Trinajstić information content (AvgIpc) is 3.00. The van der Waals surface area contributed by atoms with E-state index >= 15 is 0 Å². The molecule has 1 aromatic carbocycles. The van der Waals surface area contributed by atoms with Crippen LogP contribution in [-0.4, -0.2) is 29.8 Å². The lowest BCUT2D eigenvalue weighted by atomic mass is 10.1. The van der Waals surface area contributed by atoms with Crippen molar-refractivity contribution in [2.45, 2.75) is 32.5 Å². The predicted molar refractivity (Wildman–Crippen MR) is 82.1 cm³/mol. The highest BCUT2D eigenvalue weighted by molar-refractivity contribution is 5.27. The van der Waals surface area contributed by atoms with E-state index in [9.17, 15) is 5.11 Å². The molecule has 1 N–H and O–H groups in total. The summed E-state index contributed by atoms with van der Waals surface area (Å²) in [6, 6.07) is 11.8. The molecule has 0 fully saturated rings. The Labute approximate surface area is 126 Å². The molecule has 0 saturated carbocycles. The number of furan rings is 1. The van der Waals surface area contributed by atoms with Crippen molar-refractivity contribution in [1.82, 2.24) is 4.90 Å². The Morgan fingerprint density at radius 2 is 1.95 bits per heavy atom. The van der Waals surface area contributed by atoms with Crippen molar-refractivity contribution >= 4 is 0 Å². The monoisotopic (exact) mass is 289 g/mol. The van der Waals surface area contributed by atoms with Crippen LogP contribution >= 0.6 is 0 Å². The van der Waals surface area contributed by atoms with Crippen LogP contribution in [0.25, 0.3) is 0 Å². The predicted octanol–water partition coefficient (Wildman–Crippen LogP) is 3.06. The van der Waals surface area contributed by atoms with E-state index in [0.29, 0.717) is 13.1 Å². The lowest BCUT2D eigenvalue weighted by Crippen LogP contribution is -2.31. The van der Waals surface area contributed by atoms with Crippen molar-refractivity contribution in [2.75, 3.05) is 13.7 Å². The van der Waals surface area contributed by atoms with Crippen LogP contribution in [-0.2, 0) is 13.1 Å². The van der Waals surface area contributed by atoms with Gasteiger partial charge in [0.2, 0.25) is 0 Å². The Morgan fingerprint density at radius 3 is 2.52 bits per heavy atom. The molecule has 114 valence electrons. The summed E-state index contributed by atoms with van der Waals surface area (Å²) in [5.74, 6) is 1.76. The molecule has 2 rings (SSSR count). The fourth-order valence-electron chi connectivity index (χ4n) is 2.22. The second-order valence-electron chi connectivity index (χ2n) is 5.16. The van der Waals surface area contributed by atoms with Crippen LogP contribution in [0.1, 0.15) is 24.7 Å². The number of methoxy groups -OCH3 is 1. The Hall–Kier alpha value is -1.78. The van der Waals surface area contributed by atoms with Gasteiger partial charge in [-0.3, -0.25) is 4.90 Å². The first-order valence-corrected chi connectivity index (χ1v) is 7.27. The molecule has 0 saturated heterocycles. The van der Waals surface area contributed by atoms with E-state index < -0.39 is 0 Å². The maximum atomic E-state index is 9.92. The van der Waals surface area contributed by atoms with Gasteiger partial charge in [0.05, 0.1) is 26.0 Å². The van der Waals surface area contributed by atoms with Gasteiger partial charge in [-0.2, -0.15) is 0 Å². The summed E-state index contributed by atoms with van der Waals surface area (Å²) in [6.07, 6.45) is 2.10. The summed E-state index contributed by atoms with van der Waals surface area (Å²) in [7, 11) is 1.66. The van der Waals surface area contributed by atoms with E-state index in [4.69, 9.17) is 9.15 Å². The van der Waals surface area contributed by atoms with Crippen LogP contribution < -0.4 is 4.74 Å².